The van der Waals surface area contributed by atoms with Crippen molar-refractivity contribution >= 4 is 145 Å². The molecule has 0 atom stereocenters. The molecule has 0 aliphatic carbocycles. The molecule has 0 fully saturated rings. The van der Waals surface area contributed by atoms with E-state index in [1.165, 1.54) is 25.2 Å². The molecule has 7 aromatic rings. The molecule has 0 aliphatic heterocycles. The second kappa shape index (κ2) is 45.4. The lowest BCUT2D eigenvalue weighted by Gasteiger charge is -2.15. The summed E-state index contributed by atoms with van der Waals surface area (Å²) in [6.07, 6.45) is 0. The van der Waals surface area contributed by atoms with Crippen LogP contribution in [0.4, 0.5) is 76.3 Å². The first-order valence-corrected chi connectivity index (χ1v) is 34.2. The van der Waals surface area contributed by atoms with Crippen molar-refractivity contribution in [2.45, 2.75) is 62.3 Å². The number of pyridine rings is 4. The van der Waals surface area contributed by atoms with E-state index < -0.39 is 11.9 Å². The minimum absolute atomic E-state index is 0.000310. The highest BCUT2D eigenvalue weighted by molar-refractivity contribution is 7.21. The lowest BCUT2D eigenvalue weighted by atomic mass is 10.1. The number of nitriles is 7. The molecule has 0 radical (unpaired) electrons. The van der Waals surface area contributed by atoms with Gasteiger partial charge in [0.25, 0.3) is 0 Å². The number of nitrogens with zero attached hydrogens (tertiary/aromatic N) is 18. The maximum Gasteiger partial charge on any atom is 0.333 e. The van der Waals surface area contributed by atoms with E-state index in [-0.39, 0.29) is 144 Å². The summed E-state index contributed by atoms with van der Waals surface area (Å²) in [5.41, 5.74) is 13.0. The Bertz CT molecular complexity index is 4940. The van der Waals surface area contributed by atoms with Crippen molar-refractivity contribution in [3.63, 3.8) is 0 Å². The number of rotatable bonds is 26. The lowest BCUT2D eigenvalue weighted by Crippen LogP contribution is -2.17. The maximum atomic E-state index is 11.7. The number of ether oxygens (including phenoxy) is 2. The minimum atomic E-state index is -0.542. The van der Waals surface area contributed by atoms with E-state index in [9.17, 15) is 30.6 Å². The van der Waals surface area contributed by atoms with E-state index in [2.05, 4.69) is 118 Å². The quantitative estimate of drug-likeness (QED) is 0.00599. The maximum absolute atomic E-state index is 11.7. The average Bonchev–Trinajstić information content (AvgIpc) is 0.969. The monoisotopic (exact) mass is 1540 g/mol. The van der Waals surface area contributed by atoms with E-state index >= 15 is 0 Å². The molecule has 550 valence electrons. The molecule has 38 heteroatoms. The summed E-state index contributed by atoms with van der Waals surface area (Å²) < 4.78 is 10.2. The van der Waals surface area contributed by atoms with Gasteiger partial charge in [-0.2, -0.15) is 36.8 Å². The molecule has 7 rings (SSSR count). The number of hydrogen-bond acceptors (Lipinski definition) is 33. The van der Waals surface area contributed by atoms with Crippen LogP contribution < -0.4 is 37.6 Å². The van der Waals surface area contributed by atoms with Gasteiger partial charge in [-0.3, -0.25) is 0 Å². The van der Waals surface area contributed by atoms with Gasteiger partial charge >= 0.3 is 11.9 Å². The van der Waals surface area contributed by atoms with Gasteiger partial charge in [0.05, 0.1) is 103 Å². The van der Waals surface area contributed by atoms with Crippen molar-refractivity contribution in [2.75, 3.05) is 117 Å². The summed E-state index contributed by atoms with van der Waals surface area (Å²) in [4.78, 5) is 50.1. The third-order valence-corrected chi connectivity index (χ3v) is 17.3. The van der Waals surface area contributed by atoms with Gasteiger partial charge in [-0.1, -0.05) is 36.4 Å². The van der Waals surface area contributed by atoms with Crippen LogP contribution in [-0.4, -0.2) is 131 Å². The smallest absolute Gasteiger partial charge is 0.333 e. The molecular weight excluding hydrogens is 1470 g/mol. The molecule has 7 aromatic heterocycles. The Morgan fingerprint density at radius 3 is 1.19 bits per heavy atom. The Hall–Kier alpha value is -12.8. The summed E-state index contributed by atoms with van der Waals surface area (Å²) in [5.74, 6) is 0.959. The number of nitrogens with two attached hydrogens (primary N) is 1. The Kier molecular flexibility index (Phi) is 37.5. The largest absolute Gasteiger partial charge is 0.460 e. The number of aliphatic hydroxyl groups excluding tert-OH is 4. The Balaban J connectivity index is 0.000000379. The van der Waals surface area contributed by atoms with Gasteiger partial charge in [-0.25, -0.2) is 44.1 Å². The number of aromatic nitrogens is 4. The number of carbonyl (C=O) groups excluding carboxylic acids is 2. The number of carbonyl (C=O) groups is 2. The Morgan fingerprint density at radius 2 is 0.832 bits per heavy atom. The number of aliphatic hydroxyl groups is 4. The van der Waals surface area contributed by atoms with Gasteiger partial charge in [0.15, 0.2) is 11.6 Å². The van der Waals surface area contributed by atoms with Crippen LogP contribution in [0.5, 0.6) is 0 Å². The van der Waals surface area contributed by atoms with Crippen molar-refractivity contribution in [1.29, 1.82) is 36.8 Å². The Morgan fingerprint density at radius 1 is 0.486 bits per heavy atom. The van der Waals surface area contributed by atoms with E-state index in [0.29, 0.717) is 99.4 Å². The predicted molar refractivity (Wildman–Crippen MR) is 408 cm³/mol. The highest BCUT2D eigenvalue weighted by Crippen LogP contribution is 2.45. The molecule has 0 spiro atoms. The second-order valence-corrected chi connectivity index (χ2v) is 25.0. The van der Waals surface area contributed by atoms with Gasteiger partial charge in [0.2, 0.25) is 15.0 Å². The molecule has 12 N–H and O–H groups in total. The molecule has 7 heterocycles. The van der Waals surface area contributed by atoms with Gasteiger partial charge < -0.3 is 67.5 Å². The van der Waals surface area contributed by atoms with Gasteiger partial charge in [-0.05, 0) is 102 Å². The van der Waals surface area contributed by atoms with Crippen molar-refractivity contribution < 1.29 is 39.5 Å². The third kappa shape index (κ3) is 25.3. The summed E-state index contributed by atoms with van der Waals surface area (Å²) in [6.45, 7) is 44.5. The molecule has 0 bridgehead atoms. The van der Waals surface area contributed by atoms with Crippen LogP contribution in [0.2, 0.25) is 10.3 Å². The predicted octanol–water partition coefficient (Wildman–Crippen LogP) is 13.5. The van der Waals surface area contributed by atoms with E-state index in [4.69, 9.17) is 94.3 Å². The fourth-order valence-corrected chi connectivity index (χ4v) is 11.4. The van der Waals surface area contributed by atoms with Crippen LogP contribution in [0, 0.1) is 148 Å². The first-order valence-electron chi connectivity index (χ1n) is 31.0. The molecule has 0 unspecified atom stereocenters. The topological polar surface area (TPSA) is 512 Å². The molecule has 0 saturated heterocycles. The molecule has 33 nitrogen and oxygen atoms in total. The SMILES string of the molecule is Cc1cc(Cl)nc(Cl)c1C#N.Cc1cc(NCCO)nc(NCCO)c1C#N.[C-]#[N+]c1sc(N)c(C#N)c1C.[C-]#[N+]c1sc(N=Nc2c(NCCO)nc(NCCO)c(C#N)c2C)c(C#N)c1C.[C-]#[N+]c1sc(N=Nc2c(NCCOC(=O)C(=C)C)nc(NCCOC(=O)C(=C)C)c(C#N)c2C)c(C#N)c1C. The number of anilines is 7. The number of aryl methyl sites for hydroxylation is 2. The van der Waals surface area contributed by atoms with Crippen molar-refractivity contribution in [3.8, 4) is 42.5 Å². The van der Waals surface area contributed by atoms with Crippen LogP contribution in [0.3, 0.4) is 0 Å². The van der Waals surface area contributed by atoms with Crippen LogP contribution in [0.1, 0.15) is 91.7 Å². The number of hydrogen-bond donors (Lipinski definition) is 11. The highest BCUT2D eigenvalue weighted by Gasteiger charge is 2.23. The molecule has 0 saturated carbocycles. The zero-order chi connectivity index (χ0) is 80.0. The Labute approximate surface area is 638 Å². The fourth-order valence-electron chi connectivity index (χ4n) is 8.30. The fraction of sp³-hybridized carbons (Fsp3) is 0.304. The van der Waals surface area contributed by atoms with E-state index in [1.54, 1.807) is 53.7 Å². The van der Waals surface area contributed by atoms with Gasteiger partial charge in [0.1, 0.15) is 111 Å². The summed E-state index contributed by atoms with van der Waals surface area (Å²) >= 11 is 14.4. The third-order valence-electron chi connectivity index (χ3n) is 13.7. The van der Waals surface area contributed by atoms with Crippen LogP contribution >= 0.6 is 57.2 Å². The second-order valence-electron chi connectivity index (χ2n) is 21.3. The summed E-state index contributed by atoms with van der Waals surface area (Å²) in [6, 6.07) is 17.6. The van der Waals surface area contributed by atoms with Crippen LogP contribution in [0.15, 0.2) is 56.9 Å². The average molecular weight is 1540 g/mol. The molecule has 0 aliphatic rings. The number of halogens is 2. The van der Waals surface area contributed by atoms with Crippen LogP contribution in [0.25, 0.3) is 14.5 Å². The number of azo groups is 2. The van der Waals surface area contributed by atoms with Crippen LogP contribution in [-0.2, 0) is 19.1 Å². The standard InChI is InChI=1S/C26H26N8O4S.C18H18N8O2S.C11H16N4O2.C7H4Cl2N2.C7H5N3S/c1-14(2)25(35)37-10-8-30-21-18(12-27)16(5)20(22(32-21)31-9-11-38-26(36)15(3)4)33-34-24-19(13-28)17(6)23(29-7)39-24;1-10-12(8-19)15(22-4-6-27)24-16(23-5-7-28)14(10)25-26-18-13(9-20)11(2)17(21-3)29-18;1-8-6-10(13-2-4-16)15-11(9(8)7-12)14-3-5-17;1-4-2-6(8)11-7(9)5(4)3-10;1-4-5(3-8)6(9)11-7(4)10-2/h1,3,8-11H2,2,4-6H3,(H2,30,31,32);27-28H,4-7H2,1-2H3,(H2,22,23,24);6,16-17H,2-5H2,1H3,(H2,13,14,15);2H,1H3;9H2,1H3. The summed E-state index contributed by atoms with van der Waals surface area (Å²) in [7, 11) is 0. The number of nitrogens with one attached hydrogen (secondary N) is 6. The van der Waals surface area contributed by atoms with Crippen molar-refractivity contribution in [3.05, 3.63) is 159 Å². The first-order chi connectivity index (χ1) is 51.1. The van der Waals surface area contributed by atoms with Gasteiger partial charge in [0, 0.05) is 48.5 Å². The first kappa shape index (κ1) is 88.5. The van der Waals surface area contributed by atoms with E-state index in [1.807, 2.05) is 31.2 Å². The van der Waals surface area contributed by atoms with Gasteiger partial charge in [-0.15, -0.1) is 54.5 Å². The molecular formula is C69H69Cl2N25O8S3. The normalized spacial score (nSPS) is 9.92. The molecule has 0 amide bonds. The zero-order valence-electron chi connectivity index (χ0n) is 59.1. The highest BCUT2D eigenvalue weighted by atomic mass is 35.5. The van der Waals surface area contributed by atoms with E-state index in [0.717, 1.165) is 33.8 Å². The summed E-state index contributed by atoms with van der Waals surface area (Å²) in [5, 5.41) is 137. The number of esters is 2. The number of nitrogen functional groups attached to an aromatic ring is 1. The minimum Gasteiger partial charge on any atom is -0.460 e. The zero-order valence-corrected chi connectivity index (χ0v) is 63.0. The lowest BCUT2D eigenvalue weighted by molar-refractivity contribution is -0.139. The molecule has 107 heavy (non-hydrogen) atoms. The molecule has 0 aromatic carbocycles. The van der Waals surface area contributed by atoms with Crippen molar-refractivity contribution in [1.82, 2.24) is 19.9 Å². The number of thiophene rings is 3. The van der Waals surface area contributed by atoms with Crippen molar-refractivity contribution in [2.24, 2.45) is 20.5 Å².